The molecule has 0 radical (unpaired) electrons. The van der Waals surface area contributed by atoms with E-state index in [2.05, 4.69) is 16.7 Å². The van der Waals surface area contributed by atoms with Gasteiger partial charge in [-0.15, -0.1) is 0 Å². The predicted molar refractivity (Wildman–Crippen MR) is 34.6 cm³/mol. The Morgan fingerprint density at radius 3 is 2.70 bits per heavy atom. The van der Waals surface area contributed by atoms with Crippen molar-refractivity contribution in [3.05, 3.63) is 0 Å². The van der Waals surface area contributed by atoms with Crippen molar-refractivity contribution in [2.45, 2.75) is 26.2 Å². The van der Waals surface area contributed by atoms with E-state index in [1.54, 1.807) is 0 Å². The summed E-state index contributed by atoms with van der Waals surface area (Å²) in [7, 11) is 0. The molecule has 0 aromatic rings. The van der Waals surface area contributed by atoms with Crippen molar-refractivity contribution in [2.24, 2.45) is 0 Å². The highest BCUT2D eigenvalue weighted by Gasteiger charge is 1.95. The second kappa shape index (κ2) is 6.35. The third-order valence-corrected chi connectivity index (χ3v) is 0.961. The summed E-state index contributed by atoms with van der Waals surface area (Å²) in [5.41, 5.74) is 0. The van der Waals surface area contributed by atoms with Gasteiger partial charge in [0, 0.05) is 0 Å². The van der Waals surface area contributed by atoms with E-state index in [1.165, 1.54) is 0 Å². The van der Waals surface area contributed by atoms with Crippen molar-refractivity contribution in [1.82, 2.24) is 0 Å². The van der Waals surface area contributed by atoms with E-state index in [4.69, 9.17) is 5.11 Å². The van der Waals surface area contributed by atoms with Gasteiger partial charge in [0.05, 0.1) is 6.61 Å². The van der Waals surface area contributed by atoms with Crippen molar-refractivity contribution in [2.75, 3.05) is 6.61 Å². The molecule has 4 heteroatoms. The van der Waals surface area contributed by atoms with Gasteiger partial charge in [0.15, 0.2) is 0 Å². The van der Waals surface area contributed by atoms with Gasteiger partial charge in [-0.3, -0.25) is 4.89 Å². The van der Waals surface area contributed by atoms with Crippen LogP contribution in [-0.2, 0) is 9.78 Å². The molecule has 0 spiro atoms. The lowest BCUT2D eigenvalue weighted by Crippen LogP contribution is -2.02. The van der Waals surface area contributed by atoms with Crippen molar-refractivity contribution in [3.8, 4) is 0 Å². The van der Waals surface area contributed by atoms with Gasteiger partial charge in [0.2, 0.25) is 0 Å². The summed E-state index contributed by atoms with van der Waals surface area (Å²) in [5.74, 6) is 0. The molecule has 0 bridgehead atoms. The average molecular weight is 148 g/mol. The fraction of sp³-hybridized carbons (Fsp3) is 0.833. The minimum Gasteiger partial charge on any atom is -0.448 e. The molecule has 4 nitrogen and oxygen atoms in total. The normalized spacial score (nSPS) is 9.30. The van der Waals surface area contributed by atoms with E-state index < -0.39 is 6.16 Å². The molecule has 0 aromatic heterocycles. The lowest BCUT2D eigenvalue weighted by molar-refractivity contribution is -0.251. The highest BCUT2D eigenvalue weighted by atomic mass is 17.2. The molecule has 0 unspecified atom stereocenters. The number of unbranched alkanes of at least 4 members (excludes halogenated alkanes) is 2. The molecule has 0 aromatic carbocycles. The molecular weight excluding hydrogens is 136 g/mol. The summed E-state index contributed by atoms with van der Waals surface area (Å²) in [6.45, 7) is 2.40. The maximum atomic E-state index is 9.68. The molecule has 0 aliphatic heterocycles. The lowest BCUT2D eigenvalue weighted by atomic mass is 10.3. The van der Waals surface area contributed by atoms with Crippen LogP contribution >= 0.6 is 0 Å². The van der Waals surface area contributed by atoms with Crippen LogP contribution in [0.2, 0.25) is 0 Å². The van der Waals surface area contributed by atoms with Crippen LogP contribution in [0.1, 0.15) is 26.2 Å². The second-order valence-electron chi connectivity index (χ2n) is 1.88. The fourth-order valence-electron chi connectivity index (χ4n) is 0.503. The maximum absolute atomic E-state index is 9.68. The Hall–Kier alpha value is -0.770. The van der Waals surface area contributed by atoms with Gasteiger partial charge in [-0.1, -0.05) is 19.8 Å². The first-order valence-corrected chi connectivity index (χ1v) is 3.29. The van der Waals surface area contributed by atoms with E-state index in [9.17, 15) is 4.79 Å². The molecular formula is C6H12O4. The van der Waals surface area contributed by atoms with Crippen LogP contribution in [0.4, 0.5) is 4.79 Å². The van der Waals surface area contributed by atoms with Crippen LogP contribution in [0.15, 0.2) is 0 Å². The van der Waals surface area contributed by atoms with E-state index in [1.807, 2.05) is 0 Å². The van der Waals surface area contributed by atoms with Crippen molar-refractivity contribution >= 4 is 6.16 Å². The molecule has 1 N–H and O–H groups in total. The smallest absolute Gasteiger partial charge is 0.448 e. The number of hydrogen-bond donors (Lipinski definition) is 1. The Balaban J connectivity index is 2.84. The molecule has 0 amide bonds. The van der Waals surface area contributed by atoms with Gasteiger partial charge in [-0.05, 0) is 6.42 Å². The zero-order valence-electron chi connectivity index (χ0n) is 6.00. The van der Waals surface area contributed by atoms with Gasteiger partial charge in [0.1, 0.15) is 0 Å². The predicted octanol–water partition coefficient (Wildman–Crippen LogP) is 1.80. The SMILES string of the molecule is CCCCCOOC(=O)O. The molecule has 0 fully saturated rings. The molecule has 60 valence electrons. The molecule has 10 heavy (non-hydrogen) atoms. The summed E-state index contributed by atoms with van der Waals surface area (Å²) in [6, 6.07) is 0. The first-order valence-electron chi connectivity index (χ1n) is 3.29. The number of rotatable bonds is 5. The largest absolute Gasteiger partial charge is 0.537 e. The Morgan fingerprint density at radius 1 is 1.50 bits per heavy atom. The first kappa shape index (κ1) is 9.23. The van der Waals surface area contributed by atoms with Crippen LogP contribution in [0.5, 0.6) is 0 Å². The van der Waals surface area contributed by atoms with Gasteiger partial charge in [-0.2, -0.15) is 4.89 Å². The molecule has 0 saturated carbocycles. The Kier molecular flexibility index (Phi) is 5.86. The third kappa shape index (κ3) is 7.23. The lowest BCUT2D eigenvalue weighted by Gasteiger charge is -1.97. The van der Waals surface area contributed by atoms with Gasteiger partial charge < -0.3 is 5.11 Å². The zero-order chi connectivity index (χ0) is 7.82. The standard InChI is InChI=1S/C6H12O4/c1-2-3-4-5-9-10-6(7)8/h2-5H2,1H3,(H,7,8). The van der Waals surface area contributed by atoms with E-state index in [-0.39, 0.29) is 0 Å². The van der Waals surface area contributed by atoms with Crippen molar-refractivity contribution in [1.29, 1.82) is 0 Å². The van der Waals surface area contributed by atoms with Crippen LogP contribution < -0.4 is 0 Å². The summed E-state index contributed by atoms with van der Waals surface area (Å²) >= 11 is 0. The molecule has 0 atom stereocenters. The first-order chi connectivity index (χ1) is 4.77. The maximum Gasteiger partial charge on any atom is 0.537 e. The van der Waals surface area contributed by atoms with Crippen LogP contribution in [0, 0.1) is 0 Å². The van der Waals surface area contributed by atoms with Gasteiger partial charge in [-0.25, -0.2) is 4.79 Å². The highest BCUT2D eigenvalue weighted by Crippen LogP contribution is 1.94. The number of hydrogen-bond acceptors (Lipinski definition) is 3. The Morgan fingerprint density at radius 2 is 2.20 bits per heavy atom. The van der Waals surface area contributed by atoms with Crippen LogP contribution in [-0.4, -0.2) is 17.9 Å². The van der Waals surface area contributed by atoms with E-state index in [0.29, 0.717) is 6.61 Å². The zero-order valence-corrected chi connectivity index (χ0v) is 6.00. The monoisotopic (exact) mass is 148 g/mol. The van der Waals surface area contributed by atoms with E-state index in [0.717, 1.165) is 19.3 Å². The fourth-order valence-corrected chi connectivity index (χ4v) is 0.503. The van der Waals surface area contributed by atoms with Crippen molar-refractivity contribution < 1.29 is 19.7 Å². The Bertz CT molecular complexity index is 91.7. The van der Waals surface area contributed by atoms with Gasteiger partial charge >= 0.3 is 6.16 Å². The molecule has 0 aliphatic carbocycles. The van der Waals surface area contributed by atoms with Gasteiger partial charge in [0.25, 0.3) is 0 Å². The second-order valence-corrected chi connectivity index (χ2v) is 1.88. The van der Waals surface area contributed by atoms with E-state index >= 15 is 0 Å². The summed E-state index contributed by atoms with van der Waals surface area (Å²) in [5, 5.41) is 7.92. The summed E-state index contributed by atoms with van der Waals surface area (Å²) < 4.78 is 0. The summed E-state index contributed by atoms with van der Waals surface area (Å²) in [6.07, 6.45) is 1.56. The van der Waals surface area contributed by atoms with Crippen molar-refractivity contribution in [3.63, 3.8) is 0 Å². The minimum absolute atomic E-state index is 0.347. The quantitative estimate of drug-likeness (QED) is 0.367. The topological polar surface area (TPSA) is 55.8 Å². The highest BCUT2D eigenvalue weighted by molar-refractivity contribution is 5.55. The third-order valence-electron chi connectivity index (χ3n) is 0.961. The Labute approximate surface area is 59.7 Å². The van der Waals surface area contributed by atoms with Crippen LogP contribution in [0.25, 0.3) is 0 Å². The molecule has 0 rings (SSSR count). The number of carboxylic acid groups (broad SMARTS) is 1. The molecule has 0 aliphatic rings. The van der Waals surface area contributed by atoms with Crippen LogP contribution in [0.3, 0.4) is 0 Å². The summed E-state index contributed by atoms with van der Waals surface area (Å²) in [4.78, 5) is 17.8. The molecule has 0 saturated heterocycles. The average Bonchev–Trinajstić information content (AvgIpc) is 1.87. The number of carbonyl (C=O) groups is 1. The minimum atomic E-state index is -1.39. The molecule has 0 heterocycles.